The van der Waals surface area contributed by atoms with Crippen molar-refractivity contribution in [3.05, 3.63) is 17.3 Å². The van der Waals surface area contributed by atoms with Crippen molar-refractivity contribution >= 4 is 23.1 Å². The maximum Gasteiger partial charge on any atom is 0.153 e. The molecule has 15 heavy (non-hydrogen) atoms. The lowest BCUT2D eigenvalue weighted by atomic mass is 10.2. The molecule has 82 valence electrons. The van der Waals surface area contributed by atoms with Crippen LogP contribution in [0.15, 0.2) is 12.1 Å². The molecule has 1 aromatic rings. The van der Waals surface area contributed by atoms with Gasteiger partial charge in [-0.15, -0.1) is 0 Å². The van der Waals surface area contributed by atoms with E-state index in [0.29, 0.717) is 16.9 Å². The molecule has 1 aliphatic rings. The Morgan fingerprint density at radius 2 is 2.40 bits per heavy atom. The highest BCUT2D eigenvalue weighted by Gasteiger charge is 2.22. The van der Waals surface area contributed by atoms with Crippen molar-refractivity contribution in [2.75, 3.05) is 30.9 Å². The van der Waals surface area contributed by atoms with Crippen molar-refractivity contribution in [2.24, 2.45) is 0 Å². The minimum atomic E-state index is 0.346. The van der Waals surface area contributed by atoms with Crippen molar-refractivity contribution < 1.29 is 4.74 Å². The number of halogens is 1. The number of rotatable bonds is 2. The number of nitrogens with two attached hydrogens (primary N) is 1. The molecule has 0 radical (unpaired) electrons. The summed E-state index contributed by atoms with van der Waals surface area (Å²) in [6.07, 6.45) is 1.00. The Morgan fingerprint density at radius 1 is 1.60 bits per heavy atom. The van der Waals surface area contributed by atoms with Gasteiger partial charge in [-0.3, -0.25) is 0 Å². The van der Waals surface area contributed by atoms with E-state index < -0.39 is 0 Å². The molecule has 2 heterocycles. The highest BCUT2D eigenvalue weighted by atomic mass is 35.5. The van der Waals surface area contributed by atoms with Crippen LogP contribution in [0.2, 0.25) is 5.15 Å². The fourth-order valence-corrected chi connectivity index (χ4v) is 1.86. The van der Waals surface area contributed by atoms with E-state index in [2.05, 4.69) is 4.98 Å². The molecule has 1 fully saturated rings. The molecule has 0 spiro atoms. The van der Waals surface area contributed by atoms with Crippen LogP contribution in [0.1, 0.15) is 6.42 Å². The van der Waals surface area contributed by atoms with Gasteiger partial charge in [0.25, 0.3) is 0 Å². The van der Waals surface area contributed by atoms with Crippen LogP contribution in [0.4, 0.5) is 11.5 Å². The van der Waals surface area contributed by atoms with Crippen LogP contribution in [-0.4, -0.2) is 31.3 Å². The fourth-order valence-electron chi connectivity index (χ4n) is 1.72. The third-order valence-electron chi connectivity index (χ3n) is 2.66. The van der Waals surface area contributed by atoms with E-state index in [1.807, 2.05) is 11.9 Å². The largest absolute Gasteiger partial charge is 0.396 e. The van der Waals surface area contributed by atoms with E-state index in [9.17, 15) is 0 Å². The van der Waals surface area contributed by atoms with Crippen LogP contribution in [0.25, 0.3) is 0 Å². The van der Waals surface area contributed by atoms with E-state index in [-0.39, 0.29) is 0 Å². The van der Waals surface area contributed by atoms with Gasteiger partial charge in [0.2, 0.25) is 0 Å². The number of likely N-dealkylation sites (N-methyl/N-ethyl adjacent to an activating group) is 1. The smallest absolute Gasteiger partial charge is 0.153 e. The van der Waals surface area contributed by atoms with E-state index in [1.165, 1.54) is 0 Å². The van der Waals surface area contributed by atoms with Gasteiger partial charge in [0.15, 0.2) is 5.82 Å². The first kappa shape index (κ1) is 10.5. The van der Waals surface area contributed by atoms with E-state index in [1.54, 1.807) is 12.1 Å². The van der Waals surface area contributed by atoms with Crippen LogP contribution in [0, 0.1) is 0 Å². The second-order valence-corrected chi connectivity index (χ2v) is 4.06. The number of nitrogens with zero attached hydrogens (tertiary/aromatic N) is 2. The van der Waals surface area contributed by atoms with Crippen molar-refractivity contribution in [3.8, 4) is 0 Å². The zero-order valence-corrected chi connectivity index (χ0v) is 9.37. The number of hydrogen-bond donors (Lipinski definition) is 1. The standard InChI is InChI=1S/C10H14ClN3O/c1-14(7-4-5-15-6-7)10-8(12)2-3-9(11)13-10/h2-3,7H,4-6,12H2,1H3. The lowest BCUT2D eigenvalue weighted by Crippen LogP contribution is -2.33. The van der Waals surface area contributed by atoms with E-state index >= 15 is 0 Å². The van der Waals surface area contributed by atoms with Crippen LogP contribution >= 0.6 is 11.6 Å². The molecular weight excluding hydrogens is 214 g/mol. The topological polar surface area (TPSA) is 51.4 Å². The molecule has 1 atom stereocenters. The Kier molecular flexibility index (Phi) is 2.98. The number of ether oxygens (including phenoxy) is 1. The van der Waals surface area contributed by atoms with Crippen LogP contribution < -0.4 is 10.6 Å². The summed E-state index contributed by atoms with van der Waals surface area (Å²) in [6, 6.07) is 3.81. The molecule has 4 nitrogen and oxygen atoms in total. The van der Waals surface area contributed by atoms with Crippen molar-refractivity contribution in [1.29, 1.82) is 0 Å². The summed E-state index contributed by atoms with van der Waals surface area (Å²) in [6.45, 7) is 1.53. The summed E-state index contributed by atoms with van der Waals surface area (Å²) < 4.78 is 5.33. The van der Waals surface area contributed by atoms with Gasteiger partial charge in [0, 0.05) is 13.7 Å². The number of nitrogen functional groups attached to an aromatic ring is 1. The average Bonchev–Trinajstić information content (AvgIpc) is 2.74. The van der Waals surface area contributed by atoms with E-state index in [0.717, 1.165) is 25.5 Å². The van der Waals surface area contributed by atoms with Crippen LogP contribution in [0.3, 0.4) is 0 Å². The summed E-state index contributed by atoms with van der Waals surface area (Å²) in [5.74, 6) is 0.734. The number of pyridine rings is 1. The second-order valence-electron chi connectivity index (χ2n) is 3.68. The fraction of sp³-hybridized carbons (Fsp3) is 0.500. The normalized spacial score (nSPS) is 20.5. The quantitative estimate of drug-likeness (QED) is 0.779. The predicted molar refractivity (Wildman–Crippen MR) is 61.3 cm³/mol. The Bertz CT molecular complexity index is 353. The molecule has 0 aromatic carbocycles. The summed E-state index contributed by atoms with van der Waals surface area (Å²) in [5, 5.41) is 0.463. The predicted octanol–water partition coefficient (Wildman–Crippen LogP) is 1.54. The van der Waals surface area contributed by atoms with Crippen molar-refractivity contribution in [2.45, 2.75) is 12.5 Å². The summed E-state index contributed by atoms with van der Waals surface area (Å²) in [4.78, 5) is 6.26. The molecule has 1 saturated heterocycles. The van der Waals surface area contributed by atoms with Crippen LogP contribution in [-0.2, 0) is 4.74 Å². The molecule has 0 saturated carbocycles. The monoisotopic (exact) mass is 227 g/mol. The molecule has 1 aromatic heterocycles. The SMILES string of the molecule is CN(c1nc(Cl)ccc1N)C1CCOC1. The Labute approximate surface area is 94.0 Å². The van der Waals surface area contributed by atoms with Gasteiger partial charge in [-0.1, -0.05) is 11.6 Å². The van der Waals surface area contributed by atoms with Gasteiger partial charge >= 0.3 is 0 Å². The minimum absolute atomic E-state index is 0.346. The maximum atomic E-state index is 5.85. The van der Waals surface area contributed by atoms with Gasteiger partial charge < -0.3 is 15.4 Å². The third-order valence-corrected chi connectivity index (χ3v) is 2.87. The Balaban J connectivity index is 2.23. The number of hydrogen-bond acceptors (Lipinski definition) is 4. The molecule has 0 bridgehead atoms. The average molecular weight is 228 g/mol. The van der Waals surface area contributed by atoms with Gasteiger partial charge in [-0.2, -0.15) is 0 Å². The first-order valence-corrected chi connectivity index (χ1v) is 5.29. The molecule has 2 N–H and O–H groups in total. The van der Waals surface area contributed by atoms with Gasteiger partial charge in [0.1, 0.15) is 5.15 Å². The second kappa shape index (κ2) is 4.24. The third kappa shape index (κ3) is 2.16. The molecular formula is C10H14ClN3O. The summed E-state index contributed by atoms with van der Waals surface area (Å²) in [7, 11) is 1.97. The Morgan fingerprint density at radius 3 is 3.07 bits per heavy atom. The molecule has 1 aliphatic heterocycles. The lowest BCUT2D eigenvalue weighted by molar-refractivity contribution is 0.193. The highest BCUT2D eigenvalue weighted by molar-refractivity contribution is 6.29. The van der Waals surface area contributed by atoms with Gasteiger partial charge in [0.05, 0.1) is 18.3 Å². The Hall–Kier alpha value is -1.00. The molecule has 0 aliphatic carbocycles. The zero-order chi connectivity index (χ0) is 10.8. The molecule has 1 unspecified atom stereocenters. The lowest BCUT2D eigenvalue weighted by Gasteiger charge is -2.25. The summed E-state index contributed by atoms with van der Waals surface area (Å²) in [5.41, 5.74) is 6.50. The van der Waals surface area contributed by atoms with Crippen molar-refractivity contribution in [1.82, 2.24) is 4.98 Å². The zero-order valence-electron chi connectivity index (χ0n) is 8.61. The molecule has 5 heteroatoms. The van der Waals surface area contributed by atoms with Crippen molar-refractivity contribution in [3.63, 3.8) is 0 Å². The van der Waals surface area contributed by atoms with Gasteiger partial charge in [-0.05, 0) is 18.6 Å². The van der Waals surface area contributed by atoms with E-state index in [4.69, 9.17) is 22.1 Å². The maximum absolute atomic E-state index is 5.85. The first-order chi connectivity index (χ1) is 7.18. The summed E-state index contributed by atoms with van der Waals surface area (Å²) >= 11 is 5.84. The van der Waals surface area contributed by atoms with Gasteiger partial charge in [-0.25, -0.2) is 4.98 Å². The number of anilines is 2. The van der Waals surface area contributed by atoms with Crippen LogP contribution in [0.5, 0.6) is 0 Å². The first-order valence-electron chi connectivity index (χ1n) is 4.91. The minimum Gasteiger partial charge on any atom is -0.396 e. The molecule has 0 amide bonds. The number of aromatic nitrogens is 1. The highest BCUT2D eigenvalue weighted by Crippen LogP contribution is 2.25. The molecule has 2 rings (SSSR count).